The van der Waals surface area contributed by atoms with E-state index in [1.54, 1.807) is 6.92 Å². The third kappa shape index (κ3) is 2.40. The normalized spacial score (nSPS) is 36.2. The highest BCUT2D eigenvalue weighted by Crippen LogP contribution is 2.49. The summed E-state index contributed by atoms with van der Waals surface area (Å²) in [6, 6.07) is 0.483. The van der Waals surface area contributed by atoms with Gasteiger partial charge in [0.05, 0.1) is 5.92 Å². The minimum absolute atomic E-state index is 0.277. The molecule has 2 saturated carbocycles. The van der Waals surface area contributed by atoms with E-state index in [1.165, 1.54) is 25.7 Å². The number of aliphatic carboxylic acids is 1. The van der Waals surface area contributed by atoms with Gasteiger partial charge in [-0.2, -0.15) is 0 Å². The molecule has 2 rings (SSSR count). The lowest BCUT2D eigenvalue weighted by molar-refractivity contribution is -0.141. The van der Waals surface area contributed by atoms with Crippen molar-refractivity contribution in [3.63, 3.8) is 0 Å². The molecule has 16 heavy (non-hydrogen) atoms. The molecule has 2 N–H and O–H groups in total. The number of fused-ring (bicyclic) bond motifs is 2. The van der Waals surface area contributed by atoms with Crippen LogP contribution in [0.5, 0.6) is 0 Å². The molecule has 0 aromatic heterocycles. The molecule has 0 aromatic rings. The molecule has 0 aromatic carbocycles. The van der Waals surface area contributed by atoms with Gasteiger partial charge in [0.25, 0.3) is 0 Å². The van der Waals surface area contributed by atoms with Gasteiger partial charge in [0.1, 0.15) is 0 Å². The first kappa shape index (κ1) is 11.9. The summed E-state index contributed by atoms with van der Waals surface area (Å²) in [4.78, 5) is 10.7. The fourth-order valence-corrected chi connectivity index (χ4v) is 3.51. The van der Waals surface area contributed by atoms with Crippen LogP contribution in [0.15, 0.2) is 0 Å². The van der Waals surface area contributed by atoms with Crippen LogP contribution in [0.2, 0.25) is 0 Å². The van der Waals surface area contributed by atoms with Crippen molar-refractivity contribution in [2.75, 3.05) is 6.54 Å². The Morgan fingerprint density at radius 1 is 1.38 bits per heavy atom. The summed E-state index contributed by atoms with van der Waals surface area (Å²) < 4.78 is 0. The zero-order chi connectivity index (χ0) is 11.7. The van der Waals surface area contributed by atoms with Gasteiger partial charge in [-0.25, -0.2) is 0 Å². The smallest absolute Gasteiger partial charge is 0.307 e. The summed E-state index contributed by atoms with van der Waals surface area (Å²) in [6.07, 6.45) is 5.61. The Balaban J connectivity index is 1.76. The van der Waals surface area contributed by atoms with E-state index >= 15 is 0 Å². The summed E-state index contributed by atoms with van der Waals surface area (Å²) in [6.45, 7) is 4.59. The third-order valence-electron chi connectivity index (χ3n) is 4.60. The lowest BCUT2D eigenvalue weighted by Gasteiger charge is -2.29. The van der Waals surface area contributed by atoms with Gasteiger partial charge in [0.15, 0.2) is 0 Å². The molecule has 92 valence electrons. The number of hydrogen-bond acceptors (Lipinski definition) is 2. The van der Waals surface area contributed by atoms with Crippen LogP contribution in [0.1, 0.15) is 39.5 Å². The number of carboxylic acid groups (broad SMARTS) is 1. The van der Waals surface area contributed by atoms with Gasteiger partial charge in [-0.15, -0.1) is 0 Å². The van der Waals surface area contributed by atoms with Gasteiger partial charge in [-0.05, 0) is 43.9 Å². The molecule has 0 aliphatic heterocycles. The molecule has 2 bridgehead atoms. The Hall–Kier alpha value is -0.570. The fraction of sp³-hybridized carbons (Fsp3) is 0.923. The van der Waals surface area contributed by atoms with Gasteiger partial charge in [0, 0.05) is 12.6 Å². The largest absolute Gasteiger partial charge is 0.481 e. The minimum Gasteiger partial charge on any atom is -0.481 e. The average molecular weight is 225 g/mol. The highest BCUT2D eigenvalue weighted by molar-refractivity contribution is 5.69. The zero-order valence-electron chi connectivity index (χ0n) is 10.3. The van der Waals surface area contributed by atoms with E-state index in [2.05, 4.69) is 12.2 Å². The number of carbonyl (C=O) groups is 1. The first-order valence-corrected chi connectivity index (χ1v) is 6.54. The van der Waals surface area contributed by atoms with Crippen LogP contribution in [0.4, 0.5) is 0 Å². The Kier molecular flexibility index (Phi) is 3.53. The summed E-state index contributed by atoms with van der Waals surface area (Å²) in [5.74, 6) is 1.69. The second kappa shape index (κ2) is 4.74. The van der Waals surface area contributed by atoms with Crippen LogP contribution in [0.3, 0.4) is 0 Å². The molecule has 0 heterocycles. The van der Waals surface area contributed by atoms with Gasteiger partial charge in [0.2, 0.25) is 0 Å². The van der Waals surface area contributed by atoms with E-state index in [4.69, 9.17) is 5.11 Å². The van der Waals surface area contributed by atoms with Crippen molar-refractivity contribution in [2.45, 2.75) is 45.6 Å². The first-order valence-electron chi connectivity index (χ1n) is 6.54. The van der Waals surface area contributed by atoms with Crippen molar-refractivity contribution in [1.82, 2.24) is 5.32 Å². The van der Waals surface area contributed by atoms with E-state index in [0.717, 1.165) is 17.8 Å². The maximum absolute atomic E-state index is 10.7. The molecule has 3 nitrogen and oxygen atoms in total. The highest BCUT2D eigenvalue weighted by Gasteiger charge is 2.41. The van der Waals surface area contributed by atoms with Crippen LogP contribution in [-0.2, 0) is 4.79 Å². The molecule has 2 aliphatic carbocycles. The predicted molar refractivity (Wildman–Crippen MR) is 63.2 cm³/mol. The highest BCUT2D eigenvalue weighted by atomic mass is 16.4. The molecule has 0 amide bonds. The van der Waals surface area contributed by atoms with Gasteiger partial charge in [-0.3, -0.25) is 4.79 Å². The Morgan fingerprint density at radius 2 is 2.12 bits per heavy atom. The predicted octanol–water partition coefficient (Wildman–Crippen LogP) is 2.12. The first-order chi connectivity index (χ1) is 7.58. The fourth-order valence-electron chi connectivity index (χ4n) is 3.51. The van der Waals surface area contributed by atoms with E-state index in [0.29, 0.717) is 12.6 Å². The van der Waals surface area contributed by atoms with E-state index < -0.39 is 5.97 Å². The zero-order valence-corrected chi connectivity index (χ0v) is 10.3. The van der Waals surface area contributed by atoms with Crippen LogP contribution >= 0.6 is 0 Å². The van der Waals surface area contributed by atoms with Gasteiger partial charge in [-0.1, -0.05) is 13.3 Å². The second-order valence-electron chi connectivity index (χ2n) is 5.77. The topological polar surface area (TPSA) is 49.3 Å². The number of hydrogen-bond donors (Lipinski definition) is 2. The van der Waals surface area contributed by atoms with Crippen molar-refractivity contribution >= 4 is 5.97 Å². The van der Waals surface area contributed by atoms with Gasteiger partial charge < -0.3 is 10.4 Å². The maximum Gasteiger partial charge on any atom is 0.307 e. The molecule has 3 heteroatoms. The molecule has 2 aliphatic rings. The maximum atomic E-state index is 10.7. The average Bonchev–Trinajstić information content (AvgIpc) is 2.86. The molecule has 0 spiro atoms. The standard InChI is InChI=1S/C13H23NO2/c1-8(13(15)16)7-14-9(2)12-6-10-3-4-11(12)5-10/h8-12,14H,3-7H2,1-2H3,(H,15,16). The number of rotatable bonds is 5. The number of carboxylic acids is 1. The summed E-state index contributed by atoms with van der Waals surface area (Å²) in [5.41, 5.74) is 0. The molecular weight excluding hydrogens is 202 g/mol. The molecule has 5 atom stereocenters. The molecule has 0 saturated heterocycles. The van der Waals surface area contributed by atoms with Crippen LogP contribution < -0.4 is 5.32 Å². The molecule has 0 radical (unpaired) electrons. The van der Waals surface area contributed by atoms with Crippen LogP contribution in [0.25, 0.3) is 0 Å². The van der Waals surface area contributed by atoms with Crippen molar-refractivity contribution in [2.24, 2.45) is 23.7 Å². The Morgan fingerprint density at radius 3 is 2.62 bits per heavy atom. The number of nitrogens with one attached hydrogen (secondary N) is 1. The monoisotopic (exact) mass is 225 g/mol. The summed E-state index contributed by atoms with van der Waals surface area (Å²) >= 11 is 0. The SMILES string of the molecule is CC(CNC(C)C1CC2CCC1C2)C(=O)O. The minimum atomic E-state index is -0.701. The second-order valence-corrected chi connectivity index (χ2v) is 5.77. The quantitative estimate of drug-likeness (QED) is 0.753. The summed E-state index contributed by atoms with van der Waals surface area (Å²) in [7, 11) is 0. The Labute approximate surface area is 97.6 Å². The summed E-state index contributed by atoms with van der Waals surface area (Å²) in [5, 5.41) is 12.2. The lowest BCUT2D eigenvalue weighted by Crippen LogP contribution is -2.39. The molecule has 5 unspecified atom stereocenters. The van der Waals surface area contributed by atoms with Gasteiger partial charge >= 0.3 is 5.97 Å². The van der Waals surface area contributed by atoms with E-state index in [1.807, 2.05) is 0 Å². The van der Waals surface area contributed by atoms with E-state index in [-0.39, 0.29) is 5.92 Å². The van der Waals surface area contributed by atoms with Crippen molar-refractivity contribution in [3.8, 4) is 0 Å². The lowest BCUT2D eigenvalue weighted by atomic mass is 9.84. The third-order valence-corrected chi connectivity index (χ3v) is 4.60. The van der Waals surface area contributed by atoms with Crippen molar-refractivity contribution < 1.29 is 9.90 Å². The van der Waals surface area contributed by atoms with Crippen molar-refractivity contribution in [3.05, 3.63) is 0 Å². The molecule has 2 fully saturated rings. The van der Waals surface area contributed by atoms with Crippen molar-refractivity contribution in [1.29, 1.82) is 0 Å². The molecular formula is C13H23NO2. The van der Waals surface area contributed by atoms with E-state index in [9.17, 15) is 4.79 Å². The Bertz CT molecular complexity index is 267. The van der Waals surface area contributed by atoms with Crippen LogP contribution in [-0.4, -0.2) is 23.7 Å². The van der Waals surface area contributed by atoms with Crippen LogP contribution in [0, 0.1) is 23.7 Å².